The fraction of sp³-hybridized carbons (Fsp3) is 0.333. The van der Waals surface area contributed by atoms with Crippen LogP contribution in [-0.2, 0) is 6.54 Å². The third-order valence-corrected chi connectivity index (χ3v) is 3.61. The number of hydrogen-bond donors (Lipinski definition) is 0. The SMILES string of the molecule is Cl.O=C1c2ccccc2C(=O)N1CCCCCn1cncn1. The molecule has 0 saturated heterocycles. The highest BCUT2D eigenvalue weighted by Crippen LogP contribution is 2.22. The first kappa shape index (κ1) is 16.2. The van der Waals surface area contributed by atoms with Gasteiger partial charge in [-0.25, -0.2) is 4.98 Å². The van der Waals surface area contributed by atoms with Crippen molar-refractivity contribution in [2.24, 2.45) is 0 Å². The summed E-state index contributed by atoms with van der Waals surface area (Å²) in [7, 11) is 0. The number of imide groups is 1. The highest BCUT2D eigenvalue weighted by molar-refractivity contribution is 6.21. The summed E-state index contributed by atoms with van der Waals surface area (Å²) >= 11 is 0. The molecule has 0 spiro atoms. The van der Waals surface area contributed by atoms with E-state index in [0.29, 0.717) is 17.7 Å². The summed E-state index contributed by atoms with van der Waals surface area (Å²) in [6.07, 6.45) is 5.89. The fourth-order valence-corrected chi connectivity index (χ4v) is 2.51. The molecule has 2 amide bonds. The van der Waals surface area contributed by atoms with Crippen molar-refractivity contribution >= 4 is 24.2 Å². The van der Waals surface area contributed by atoms with E-state index in [-0.39, 0.29) is 24.2 Å². The van der Waals surface area contributed by atoms with Crippen LogP contribution in [0.1, 0.15) is 40.0 Å². The number of hydrogen-bond acceptors (Lipinski definition) is 4. The van der Waals surface area contributed by atoms with Gasteiger partial charge in [0.15, 0.2) is 0 Å². The van der Waals surface area contributed by atoms with Crippen LogP contribution in [0.15, 0.2) is 36.9 Å². The predicted octanol–water partition coefficient (Wildman–Crippen LogP) is 2.17. The largest absolute Gasteiger partial charge is 0.274 e. The number of unbranched alkanes of at least 4 members (excludes halogenated alkanes) is 2. The van der Waals surface area contributed by atoms with Crippen molar-refractivity contribution in [2.45, 2.75) is 25.8 Å². The molecule has 116 valence electrons. The van der Waals surface area contributed by atoms with Gasteiger partial charge < -0.3 is 0 Å². The van der Waals surface area contributed by atoms with E-state index in [1.807, 2.05) is 0 Å². The maximum Gasteiger partial charge on any atom is 0.261 e. The van der Waals surface area contributed by atoms with Gasteiger partial charge in [0.2, 0.25) is 0 Å². The van der Waals surface area contributed by atoms with Crippen molar-refractivity contribution in [2.75, 3.05) is 6.54 Å². The zero-order chi connectivity index (χ0) is 14.7. The molecular weight excluding hydrogens is 304 g/mol. The van der Waals surface area contributed by atoms with E-state index in [9.17, 15) is 9.59 Å². The van der Waals surface area contributed by atoms with E-state index in [4.69, 9.17) is 0 Å². The van der Waals surface area contributed by atoms with Gasteiger partial charge in [-0.05, 0) is 31.4 Å². The third kappa shape index (κ3) is 3.17. The monoisotopic (exact) mass is 320 g/mol. The highest BCUT2D eigenvalue weighted by Gasteiger charge is 2.34. The van der Waals surface area contributed by atoms with E-state index in [1.165, 1.54) is 11.2 Å². The van der Waals surface area contributed by atoms with Crippen molar-refractivity contribution in [3.63, 3.8) is 0 Å². The number of fused-ring (bicyclic) bond motifs is 1. The minimum absolute atomic E-state index is 0. The van der Waals surface area contributed by atoms with Crippen molar-refractivity contribution in [3.05, 3.63) is 48.0 Å². The van der Waals surface area contributed by atoms with Gasteiger partial charge in [-0.2, -0.15) is 5.10 Å². The fourth-order valence-electron chi connectivity index (χ4n) is 2.51. The molecule has 2 heterocycles. The normalized spacial score (nSPS) is 13.2. The second-order valence-corrected chi connectivity index (χ2v) is 5.03. The van der Waals surface area contributed by atoms with Crippen molar-refractivity contribution in [1.29, 1.82) is 0 Å². The summed E-state index contributed by atoms with van der Waals surface area (Å²) in [5.74, 6) is -0.348. The van der Waals surface area contributed by atoms with Gasteiger partial charge in [-0.15, -0.1) is 12.4 Å². The Hall–Kier alpha value is -2.21. The summed E-state index contributed by atoms with van der Waals surface area (Å²) in [5.41, 5.74) is 1.04. The molecule has 0 atom stereocenters. The number of halogens is 1. The number of benzene rings is 1. The number of aromatic nitrogens is 3. The second-order valence-electron chi connectivity index (χ2n) is 5.03. The number of carbonyl (C=O) groups excluding carboxylic acids is 2. The second kappa shape index (κ2) is 7.17. The van der Waals surface area contributed by atoms with Gasteiger partial charge in [-0.1, -0.05) is 12.1 Å². The number of carbonyl (C=O) groups is 2. The summed E-state index contributed by atoms with van der Waals surface area (Å²) in [6, 6.07) is 6.98. The van der Waals surface area contributed by atoms with Gasteiger partial charge in [0, 0.05) is 13.1 Å². The van der Waals surface area contributed by atoms with Crippen LogP contribution in [0.2, 0.25) is 0 Å². The molecule has 0 fully saturated rings. The Bertz CT molecular complexity index is 622. The third-order valence-electron chi connectivity index (χ3n) is 3.61. The van der Waals surface area contributed by atoms with Crippen LogP contribution in [0.3, 0.4) is 0 Å². The Morgan fingerprint density at radius 1 is 0.909 bits per heavy atom. The lowest BCUT2D eigenvalue weighted by Gasteiger charge is -2.13. The maximum absolute atomic E-state index is 12.1. The molecule has 0 radical (unpaired) electrons. The summed E-state index contributed by atoms with van der Waals surface area (Å²) in [4.78, 5) is 29.5. The smallest absolute Gasteiger partial charge is 0.261 e. The van der Waals surface area contributed by atoms with Crippen LogP contribution in [0.5, 0.6) is 0 Å². The van der Waals surface area contributed by atoms with Crippen LogP contribution in [-0.4, -0.2) is 38.0 Å². The Morgan fingerprint density at radius 3 is 2.14 bits per heavy atom. The average Bonchev–Trinajstić information content (AvgIpc) is 3.10. The first-order valence-corrected chi connectivity index (χ1v) is 7.05. The highest BCUT2D eigenvalue weighted by atomic mass is 35.5. The Balaban J connectivity index is 0.00000176. The number of amides is 2. The Morgan fingerprint density at radius 2 is 1.55 bits per heavy atom. The van der Waals surface area contributed by atoms with Crippen LogP contribution in [0.4, 0.5) is 0 Å². The molecule has 7 heteroatoms. The van der Waals surface area contributed by atoms with Crippen LogP contribution in [0.25, 0.3) is 0 Å². The van der Waals surface area contributed by atoms with Gasteiger partial charge in [0.25, 0.3) is 11.8 Å². The zero-order valence-electron chi connectivity index (χ0n) is 12.0. The molecule has 22 heavy (non-hydrogen) atoms. The Kier molecular flexibility index (Phi) is 5.27. The molecule has 0 N–H and O–H groups in total. The van der Waals surface area contributed by atoms with Gasteiger partial charge in [0.05, 0.1) is 11.1 Å². The lowest BCUT2D eigenvalue weighted by molar-refractivity contribution is 0.0651. The molecule has 3 rings (SSSR count). The topological polar surface area (TPSA) is 68.1 Å². The molecule has 0 saturated carbocycles. The number of rotatable bonds is 6. The predicted molar refractivity (Wildman–Crippen MR) is 82.9 cm³/mol. The van der Waals surface area contributed by atoms with E-state index in [2.05, 4.69) is 10.1 Å². The quantitative estimate of drug-likeness (QED) is 0.604. The van der Waals surface area contributed by atoms with E-state index in [0.717, 1.165) is 25.8 Å². The van der Waals surface area contributed by atoms with Crippen LogP contribution in [0, 0.1) is 0 Å². The summed E-state index contributed by atoms with van der Waals surface area (Å²) < 4.78 is 1.78. The molecule has 2 aromatic rings. The molecule has 0 aliphatic carbocycles. The minimum Gasteiger partial charge on any atom is -0.274 e. The van der Waals surface area contributed by atoms with Gasteiger partial charge >= 0.3 is 0 Å². The lowest BCUT2D eigenvalue weighted by atomic mass is 10.1. The standard InChI is InChI=1S/C15H16N4O2.ClH/c20-14-12-6-2-3-7-13(12)15(21)19(14)9-5-1-4-8-18-11-16-10-17-18;/h2-3,6-7,10-11H,1,4-5,8-9H2;1H. The molecule has 1 aliphatic rings. The van der Waals surface area contributed by atoms with Crippen LogP contribution >= 0.6 is 12.4 Å². The van der Waals surface area contributed by atoms with Gasteiger partial charge in [0.1, 0.15) is 12.7 Å². The molecule has 0 bridgehead atoms. The van der Waals surface area contributed by atoms with Crippen molar-refractivity contribution in [1.82, 2.24) is 19.7 Å². The van der Waals surface area contributed by atoms with E-state index >= 15 is 0 Å². The molecule has 0 unspecified atom stereocenters. The first-order valence-electron chi connectivity index (χ1n) is 7.05. The molecule has 1 aromatic carbocycles. The Labute approximate surface area is 134 Å². The van der Waals surface area contributed by atoms with Crippen LogP contribution < -0.4 is 0 Å². The first-order chi connectivity index (χ1) is 10.3. The van der Waals surface area contributed by atoms with E-state index in [1.54, 1.807) is 35.3 Å². The minimum atomic E-state index is -0.174. The van der Waals surface area contributed by atoms with Crippen molar-refractivity contribution in [3.8, 4) is 0 Å². The summed E-state index contributed by atoms with van der Waals surface area (Å²) in [6.45, 7) is 1.28. The average molecular weight is 321 g/mol. The lowest BCUT2D eigenvalue weighted by Crippen LogP contribution is -2.30. The number of nitrogens with zero attached hydrogens (tertiary/aromatic N) is 4. The molecular formula is C15H17ClN4O2. The maximum atomic E-state index is 12.1. The van der Waals surface area contributed by atoms with Crippen molar-refractivity contribution < 1.29 is 9.59 Å². The number of aryl methyl sites for hydroxylation is 1. The molecule has 1 aliphatic heterocycles. The molecule has 1 aromatic heterocycles. The zero-order valence-corrected chi connectivity index (χ0v) is 12.8. The van der Waals surface area contributed by atoms with E-state index < -0.39 is 0 Å². The molecule has 6 nitrogen and oxygen atoms in total. The summed E-state index contributed by atoms with van der Waals surface area (Å²) in [5, 5.41) is 4.03. The van der Waals surface area contributed by atoms with Gasteiger partial charge in [-0.3, -0.25) is 19.2 Å².